The van der Waals surface area contributed by atoms with Crippen molar-refractivity contribution in [3.63, 3.8) is 0 Å². The first-order chi connectivity index (χ1) is 7.04. The van der Waals surface area contributed by atoms with Crippen LogP contribution in [0.1, 0.15) is 26.0 Å². The lowest BCUT2D eigenvalue weighted by Gasteiger charge is -2.20. The molecule has 1 aromatic heterocycles. The molecule has 0 amide bonds. The van der Waals surface area contributed by atoms with E-state index in [1.165, 1.54) is 0 Å². The van der Waals surface area contributed by atoms with Crippen molar-refractivity contribution in [2.45, 2.75) is 33.2 Å². The fourth-order valence-corrected chi connectivity index (χ4v) is 1.36. The Morgan fingerprint density at radius 1 is 1.40 bits per heavy atom. The molecule has 84 valence electrons. The van der Waals surface area contributed by atoms with Crippen molar-refractivity contribution in [1.82, 2.24) is 4.98 Å². The molecular weight excluding hydrogens is 186 g/mol. The lowest BCUT2D eigenvalue weighted by molar-refractivity contribution is 0.762. The molecule has 0 bridgehead atoms. The van der Waals surface area contributed by atoms with Gasteiger partial charge in [-0.15, -0.1) is 0 Å². The minimum absolute atomic E-state index is 0.480. The first-order valence-electron chi connectivity index (χ1n) is 5.46. The molecule has 1 atom stereocenters. The van der Waals surface area contributed by atoms with Gasteiger partial charge >= 0.3 is 0 Å². The molecule has 0 fully saturated rings. The maximum atomic E-state index is 4.52. The molecule has 0 saturated heterocycles. The third-order valence-corrected chi connectivity index (χ3v) is 2.45. The van der Waals surface area contributed by atoms with Gasteiger partial charge in [0.2, 0.25) is 0 Å². The topological polar surface area (TPSA) is 28.2 Å². The van der Waals surface area contributed by atoms with Gasteiger partial charge in [0.15, 0.2) is 5.82 Å². The Bertz CT molecular complexity index is 321. The van der Waals surface area contributed by atoms with E-state index in [2.05, 4.69) is 30.2 Å². The maximum absolute atomic E-state index is 4.52. The Labute approximate surface area is 92.5 Å². The zero-order valence-corrected chi connectivity index (χ0v) is 10.3. The van der Waals surface area contributed by atoms with Crippen LogP contribution in [0.4, 0.5) is 11.5 Å². The average molecular weight is 207 g/mol. The number of rotatable bonds is 4. The van der Waals surface area contributed by atoms with Crippen LogP contribution in [-0.2, 0) is 0 Å². The first-order valence-corrected chi connectivity index (χ1v) is 5.46. The number of nitrogens with one attached hydrogen (secondary N) is 1. The molecule has 0 aromatic carbocycles. The van der Waals surface area contributed by atoms with Crippen LogP contribution in [0.25, 0.3) is 0 Å². The number of anilines is 2. The second kappa shape index (κ2) is 5.01. The molecule has 15 heavy (non-hydrogen) atoms. The van der Waals surface area contributed by atoms with Crippen molar-refractivity contribution < 1.29 is 0 Å². The highest BCUT2D eigenvalue weighted by Gasteiger charge is 2.08. The summed E-state index contributed by atoms with van der Waals surface area (Å²) in [4.78, 5) is 6.56. The Kier molecular flexibility index (Phi) is 3.95. The third-order valence-electron chi connectivity index (χ3n) is 2.45. The minimum Gasteiger partial charge on any atom is -0.380 e. The number of pyridine rings is 1. The van der Waals surface area contributed by atoms with Crippen molar-refractivity contribution in [3.8, 4) is 0 Å². The van der Waals surface area contributed by atoms with E-state index in [-0.39, 0.29) is 0 Å². The predicted octanol–water partition coefficient (Wildman–Crippen LogP) is 2.67. The van der Waals surface area contributed by atoms with E-state index in [0.29, 0.717) is 6.04 Å². The van der Waals surface area contributed by atoms with Gasteiger partial charge in [0, 0.05) is 25.8 Å². The van der Waals surface area contributed by atoms with E-state index in [1.807, 2.05) is 32.0 Å². The van der Waals surface area contributed by atoms with Gasteiger partial charge in [0.1, 0.15) is 0 Å². The van der Waals surface area contributed by atoms with E-state index in [1.54, 1.807) is 0 Å². The van der Waals surface area contributed by atoms with Gasteiger partial charge in [-0.1, -0.05) is 6.92 Å². The van der Waals surface area contributed by atoms with E-state index < -0.39 is 0 Å². The zero-order chi connectivity index (χ0) is 11.4. The van der Waals surface area contributed by atoms with Gasteiger partial charge < -0.3 is 10.2 Å². The average Bonchev–Trinajstić information content (AvgIpc) is 2.20. The monoisotopic (exact) mass is 207 g/mol. The Balaban J connectivity index is 2.95. The van der Waals surface area contributed by atoms with E-state index in [9.17, 15) is 0 Å². The molecule has 0 aliphatic carbocycles. The van der Waals surface area contributed by atoms with Gasteiger partial charge in [-0.3, -0.25) is 0 Å². The summed E-state index contributed by atoms with van der Waals surface area (Å²) >= 11 is 0. The summed E-state index contributed by atoms with van der Waals surface area (Å²) in [5.41, 5.74) is 2.16. The summed E-state index contributed by atoms with van der Waals surface area (Å²) in [7, 11) is 4.03. The van der Waals surface area contributed by atoms with Crippen LogP contribution in [-0.4, -0.2) is 25.1 Å². The van der Waals surface area contributed by atoms with Crippen LogP contribution < -0.4 is 10.2 Å². The number of hydrogen-bond donors (Lipinski definition) is 1. The number of aryl methyl sites for hydroxylation is 1. The van der Waals surface area contributed by atoms with Crippen LogP contribution in [0.15, 0.2) is 12.1 Å². The number of aromatic nitrogens is 1. The van der Waals surface area contributed by atoms with Crippen molar-refractivity contribution >= 4 is 11.5 Å². The van der Waals surface area contributed by atoms with Gasteiger partial charge in [-0.2, -0.15) is 0 Å². The molecular formula is C12H21N3. The number of nitrogens with zero attached hydrogens (tertiary/aromatic N) is 2. The van der Waals surface area contributed by atoms with Crippen LogP contribution in [0, 0.1) is 6.92 Å². The molecule has 1 aromatic rings. The fraction of sp³-hybridized carbons (Fsp3) is 0.583. The molecule has 1 unspecified atom stereocenters. The summed E-state index contributed by atoms with van der Waals surface area (Å²) in [5.74, 6) is 1.01. The summed E-state index contributed by atoms with van der Waals surface area (Å²) in [6.45, 7) is 6.37. The Hall–Kier alpha value is -1.25. The molecule has 1 N–H and O–H groups in total. The van der Waals surface area contributed by atoms with Crippen molar-refractivity contribution in [3.05, 3.63) is 17.8 Å². The number of hydrogen-bond acceptors (Lipinski definition) is 3. The lowest BCUT2D eigenvalue weighted by atomic mass is 10.2. The second-order valence-electron chi connectivity index (χ2n) is 4.17. The summed E-state index contributed by atoms with van der Waals surface area (Å²) in [6.07, 6.45) is 1.11. The highest BCUT2D eigenvalue weighted by Crippen LogP contribution is 2.22. The molecule has 0 spiro atoms. The van der Waals surface area contributed by atoms with E-state index >= 15 is 0 Å². The third kappa shape index (κ3) is 3.11. The predicted molar refractivity (Wildman–Crippen MR) is 66.7 cm³/mol. The van der Waals surface area contributed by atoms with Crippen LogP contribution >= 0.6 is 0 Å². The molecule has 0 saturated carbocycles. The molecule has 1 rings (SSSR count). The quantitative estimate of drug-likeness (QED) is 0.822. The minimum atomic E-state index is 0.480. The summed E-state index contributed by atoms with van der Waals surface area (Å²) in [6, 6.07) is 4.62. The van der Waals surface area contributed by atoms with Crippen LogP contribution in [0.3, 0.4) is 0 Å². The SMILES string of the molecule is CCC(C)Nc1ccc(C)nc1N(C)C. The molecule has 0 aliphatic heterocycles. The maximum Gasteiger partial charge on any atom is 0.151 e. The van der Waals surface area contributed by atoms with Crippen molar-refractivity contribution in [2.24, 2.45) is 0 Å². The summed E-state index contributed by atoms with van der Waals surface area (Å²) < 4.78 is 0. The zero-order valence-electron chi connectivity index (χ0n) is 10.3. The Morgan fingerprint density at radius 2 is 2.07 bits per heavy atom. The lowest BCUT2D eigenvalue weighted by Crippen LogP contribution is -2.19. The standard InChI is InChI=1S/C12H21N3/c1-6-9(2)13-11-8-7-10(3)14-12(11)15(4)5/h7-9,13H,6H2,1-5H3. The second-order valence-corrected chi connectivity index (χ2v) is 4.17. The highest BCUT2D eigenvalue weighted by atomic mass is 15.2. The highest BCUT2D eigenvalue weighted by molar-refractivity contribution is 5.65. The smallest absolute Gasteiger partial charge is 0.151 e. The van der Waals surface area contributed by atoms with Crippen LogP contribution in [0.2, 0.25) is 0 Å². The van der Waals surface area contributed by atoms with Crippen LogP contribution in [0.5, 0.6) is 0 Å². The molecule has 0 radical (unpaired) electrons. The summed E-state index contributed by atoms with van der Waals surface area (Å²) in [5, 5.41) is 3.46. The van der Waals surface area contributed by atoms with E-state index in [0.717, 1.165) is 23.6 Å². The normalized spacial score (nSPS) is 12.3. The largest absolute Gasteiger partial charge is 0.380 e. The van der Waals surface area contributed by atoms with Gasteiger partial charge in [0.05, 0.1) is 5.69 Å². The first kappa shape index (κ1) is 11.8. The molecule has 0 aliphatic rings. The van der Waals surface area contributed by atoms with Crippen molar-refractivity contribution in [1.29, 1.82) is 0 Å². The fourth-order valence-electron chi connectivity index (χ4n) is 1.36. The van der Waals surface area contributed by atoms with E-state index in [4.69, 9.17) is 0 Å². The molecule has 3 heteroatoms. The van der Waals surface area contributed by atoms with Gasteiger partial charge in [-0.05, 0) is 32.4 Å². The Morgan fingerprint density at radius 3 is 2.60 bits per heavy atom. The molecule has 1 heterocycles. The van der Waals surface area contributed by atoms with Gasteiger partial charge in [-0.25, -0.2) is 4.98 Å². The van der Waals surface area contributed by atoms with Crippen molar-refractivity contribution in [2.75, 3.05) is 24.3 Å². The van der Waals surface area contributed by atoms with Gasteiger partial charge in [0.25, 0.3) is 0 Å². The molecule has 3 nitrogen and oxygen atoms in total.